The number of hydrogen-bond donors (Lipinski definition) is 0. The summed E-state index contributed by atoms with van der Waals surface area (Å²) in [6.45, 7) is 18.9. The van der Waals surface area contributed by atoms with E-state index in [1.165, 1.54) is 49.3 Å². The van der Waals surface area contributed by atoms with E-state index < -0.39 is 0 Å². The SMILES string of the molecule is CCP(CC)CCP(CC)CC.CCP(CC)CCP(CC)CC.N#N.N#N.[Mo]. The maximum atomic E-state index is 6.00. The predicted molar refractivity (Wildman–Crippen MR) is 138 cm³/mol. The Morgan fingerprint density at radius 1 is 0.345 bits per heavy atom. The average molecular weight is 564 g/mol. The molecule has 0 amide bonds. The zero-order valence-electron chi connectivity index (χ0n) is 20.5. The molecular weight excluding hydrogens is 516 g/mol. The zero-order chi connectivity index (χ0) is 22.8. The number of rotatable bonds is 14. The Bertz CT molecular complexity index is 253. The molecule has 0 aliphatic heterocycles. The van der Waals surface area contributed by atoms with Crippen molar-refractivity contribution >= 4 is 31.7 Å². The van der Waals surface area contributed by atoms with Crippen LogP contribution in [0.1, 0.15) is 55.4 Å². The van der Waals surface area contributed by atoms with Gasteiger partial charge >= 0.3 is 0 Å². The first-order chi connectivity index (χ1) is 13.6. The van der Waals surface area contributed by atoms with E-state index in [2.05, 4.69) is 55.4 Å². The van der Waals surface area contributed by atoms with Gasteiger partial charge in [-0.15, -0.1) is 31.7 Å². The van der Waals surface area contributed by atoms with Crippen LogP contribution in [-0.4, -0.2) is 73.9 Å². The summed E-state index contributed by atoms with van der Waals surface area (Å²) in [4.78, 5) is 0. The minimum Gasteiger partial charge on any atom is -0.107 e. The Morgan fingerprint density at radius 3 is 0.517 bits per heavy atom. The van der Waals surface area contributed by atoms with Crippen molar-refractivity contribution in [3.05, 3.63) is 0 Å². The summed E-state index contributed by atoms with van der Waals surface area (Å²) in [6.07, 6.45) is 17.8. The molecule has 0 saturated heterocycles. The molecule has 0 fully saturated rings. The molecule has 0 atom stereocenters. The van der Waals surface area contributed by atoms with Crippen LogP contribution in [0.15, 0.2) is 0 Å². The fraction of sp³-hybridized carbons (Fsp3) is 1.00. The van der Waals surface area contributed by atoms with Crippen LogP contribution < -0.4 is 0 Å². The van der Waals surface area contributed by atoms with Gasteiger partial charge < -0.3 is 0 Å². The summed E-state index contributed by atoms with van der Waals surface area (Å²) in [7, 11) is 1.66. The predicted octanol–water partition coefficient (Wildman–Crippen LogP) is 8.12. The molecular formula is C20H48MoN4P4. The maximum absolute atomic E-state index is 6.00. The molecule has 0 bridgehead atoms. The van der Waals surface area contributed by atoms with E-state index in [1.807, 2.05) is 0 Å². The van der Waals surface area contributed by atoms with Gasteiger partial charge in [0.2, 0.25) is 0 Å². The van der Waals surface area contributed by atoms with E-state index in [0.29, 0.717) is 31.7 Å². The third kappa shape index (κ3) is 29.2. The van der Waals surface area contributed by atoms with Crippen molar-refractivity contribution in [1.82, 2.24) is 0 Å². The van der Waals surface area contributed by atoms with E-state index >= 15 is 0 Å². The maximum Gasteiger partial charge on any atom is 0 e. The van der Waals surface area contributed by atoms with Crippen LogP contribution in [0.4, 0.5) is 0 Å². The Kier molecular flexibility index (Phi) is 51.2. The topological polar surface area (TPSA) is 95.2 Å². The van der Waals surface area contributed by atoms with E-state index in [0.717, 1.165) is 0 Å². The van der Waals surface area contributed by atoms with Crippen LogP contribution in [0.5, 0.6) is 0 Å². The van der Waals surface area contributed by atoms with Crippen molar-refractivity contribution in [1.29, 1.82) is 21.6 Å². The number of hydrogen-bond acceptors (Lipinski definition) is 4. The van der Waals surface area contributed by atoms with Gasteiger partial charge in [-0.05, 0) is 73.9 Å². The first kappa shape index (κ1) is 40.6. The molecule has 0 aromatic heterocycles. The van der Waals surface area contributed by atoms with Crippen molar-refractivity contribution in [2.45, 2.75) is 55.4 Å². The zero-order valence-corrected chi connectivity index (χ0v) is 26.1. The van der Waals surface area contributed by atoms with E-state index in [4.69, 9.17) is 21.6 Å². The average Bonchev–Trinajstić information content (AvgIpc) is 2.78. The fourth-order valence-corrected chi connectivity index (χ4v) is 11.6. The summed E-state index contributed by atoms with van der Waals surface area (Å²) in [6, 6.07) is 0. The van der Waals surface area contributed by atoms with Crippen LogP contribution in [0, 0.1) is 21.6 Å². The first-order valence-electron chi connectivity index (χ1n) is 10.9. The Balaban J connectivity index is -0.000000109. The quantitative estimate of drug-likeness (QED) is 0.121. The Morgan fingerprint density at radius 2 is 0.448 bits per heavy atom. The molecule has 0 unspecified atom stereocenters. The Labute approximate surface area is 203 Å². The smallest absolute Gasteiger partial charge is 0 e. The summed E-state index contributed by atoms with van der Waals surface area (Å²) in [5.41, 5.74) is 0. The molecule has 0 aliphatic rings. The minimum atomic E-state index is 0. The van der Waals surface area contributed by atoms with Gasteiger partial charge in [0, 0.05) is 42.6 Å². The molecule has 0 N–H and O–H groups in total. The molecule has 4 nitrogen and oxygen atoms in total. The van der Waals surface area contributed by atoms with Gasteiger partial charge in [0.05, 0.1) is 0 Å². The van der Waals surface area contributed by atoms with Crippen molar-refractivity contribution in [2.75, 3.05) is 73.9 Å². The summed E-state index contributed by atoms with van der Waals surface area (Å²) in [5, 5.41) is 24.0. The third-order valence-corrected chi connectivity index (χ3v) is 16.3. The van der Waals surface area contributed by atoms with Crippen LogP contribution in [0.3, 0.4) is 0 Å². The summed E-state index contributed by atoms with van der Waals surface area (Å²) in [5.74, 6) is 0. The molecule has 0 aromatic rings. The normalized spacial score (nSPS) is 9.66. The second-order valence-electron chi connectivity index (χ2n) is 6.11. The van der Waals surface area contributed by atoms with Crippen molar-refractivity contribution in [3.63, 3.8) is 0 Å². The molecule has 0 rings (SSSR count). The second kappa shape index (κ2) is 36.6. The monoisotopic (exact) mass is 566 g/mol. The largest absolute Gasteiger partial charge is 0.107 e. The number of nitrogens with zero attached hydrogens (tertiary/aromatic N) is 4. The first-order valence-corrected chi connectivity index (χ1v) is 18.4. The van der Waals surface area contributed by atoms with Crippen LogP contribution >= 0.6 is 31.7 Å². The molecule has 29 heavy (non-hydrogen) atoms. The second-order valence-corrected chi connectivity index (χ2v) is 18.3. The summed E-state index contributed by atoms with van der Waals surface area (Å²) >= 11 is 0. The van der Waals surface area contributed by atoms with Gasteiger partial charge in [-0.3, -0.25) is 0 Å². The van der Waals surface area contributed by atoms with Crippen LogP contribution in [0.25, 0.3) is 0 Å². The van der Waals surface area contributed by atoms with Gasteiger partial charge in [-0.2, -0.15) is 0 Å². The Hall–Kier alpha value is 1.25. The molecule has 174 valence electrons. The van der Waals surface area contributed by atoms with Gasteiger partial charge in [0.25, 0.3) is 0 Å². The molecule has 9 heteroatoms. The molecule has 0 saturated carbocycles. The van der Waals surface area contributed by atoms with Crippen molar-refractivity contribution in [3.8, 4) is 0 Å². The fourth-order valence-electron chi connectivity index (χ4n) is 2.73. The van der Waals surface area contributed by atoms with Gasteiger partial charge in [0.1, 0.15) is 0 Å². The molecule has 0 aromatic carbocycles. The summed E-state index contributed by atoms with van der Waals surface area (Å²) < 4.78 is 0. The van der Waals surface area contributed by atoms with Gasteiger partial charge in [-0.1, -0.05) is 55.4 Å². The van der Waals surface area contributed by atoms with Gasteiger partial charge in [-0.25, -0.2) is 0 Å². The molecule has 0 aliphatic carbocycles. The molecule has 0 heterocycles. The van der Waals surface area contributed by atoms with E-state index in [1.54, 1.807) is 24.6 Å². The standard InChI is InChI=1S/2C10H24P2.Mo.2N2/c2*1-5-11(6-2)9-10-12(7-3)8-4;;2*1-2/h2*5-10H2,1-4H3;;;. The minimum absolute atomic E-state index is 0. The van der Waals surface area contributed by atoms with Crippen LogP contribution in [-0.2, 0) is 21.1 Å². The van der Waals surface area contributed by atoms with E-state index in [-0.39, 0.29) is 21.1 Å². The van der Waals surface area contributed by atoms with E-state index in [9.17, 15) is 0 Å². The molecule has 0 spiro atoms. The van der Waals surface area contributed by atoms with Gasteiger partial charge in [0.15, 0.2) is 0 Å². The van der Waals surface area contributed by atoms with Crippen molar-refractivity contribution < 1.29 is 21.1 Å². The van der Waals surface area contributed by atoms with Crippen LogP contribution in [0.2, 0.25) is 0 Å². The third-order valence-electron chi connectivity index (χ3n) is 5.04. The molecule has 0 radical (unpaired) electrons. The van der Waals surface area contributed by atoms with Crippen molar-refractivity contribution in [2.24, 2.45) is 0 Å².